The largest absolute Gasteiger partial charge is 0.481 e. The minimum Gasteiger partial charge on any atom is -0.481 e. The number of carboxylic acid groups (broad SMARTS) is 1. The van der Waals surface area contributed by atoms with E-state index < -0.39 is 5.97 Å². The van der Waals surface area contributed by atoms with Crippen molar-refractivity contribution < 1.29 is 9.90 Å². The number of aliphatic carboxylic acids is 1. The highest BCUT2D eigenvalue weighted by molar-refractivity contribution is 5.81. The third kappa shape index (κ3) is 2.08. The standard InChI is InChI=1S/C16H15NO2/c17-15-3-1-2-13-12-6-4-10(5-7-16(18)19)8-11(12)9-14(13)15/h1-4,6,8H,5,7,9,17H2,(H,18,19). The lowest BCUT2D eigenvalue weighted by Gasteiger charge is -2.04. The number of hydrogen-bond donors (Lipinski definition) is 2. The molecule has 1 aliphatic carbocycles. The number of carbonyl (C=O) groups is 1. The van der Waals surface area contributed by atoms with Gasteiger partial charge in [-0.3, -0.25) is 4.79 Å². The Balaban J connectivity index is 1.94. The van der Waals surface area contributed by atoms with Crippen LogP contribution in [0.25, 0.3) is 11.1 Å². The normalized spacial score (nSPS) is 12.0. The number of carboxylic acids is 1. The van der Waals surface area contributed by atoms with Gasteiger partial charge in [-0.1, -0.05) is 30.3 Å². The fourth-order valence-corrected chi connectivity index (χ4v) is 2.71. The molecule has 0 bridgehead atoms. The van der Waals surface area contributed by atoms with Gasteiger partial charge in [-0.05, 0) is 40.3 Å². The molecule has 0 amide bonds. The molecular weight excluding hydrogens is 238 g/mol. The average Bonchev–Trinajstić information content (AvgIpc) is 2.76. The molecule has 0 unspecified atom stereocenters. The molecule has 2 aromatic carbocycles. The third-order valence-corrected chi connectivity index (χ3v) is 3.67. The van der Waals surface area contributed by atoms with Gasteiger partial charge in [0.05, 0.1) is 0 Å². The smallest absolute Gasteiger partial charge is 0.303 e. The van der Waals surface area contributed by atoms with Crippen molar-refractivity contribution in [3.05, 3.63) is 53.1 Å². The van der Waals surface area contributed by atoms with E-state index in [-0.39, 0.29) is 6.42 Å². The molecule has 3 nitrogen and oxygen atoms in total. The van der Waals surface area contributed by atoms with E-state index in [0.29, 0.717) is 6.42 Å². The number of nitrogens with two attached hydrogens (primary N) is 1. The summed E-state index contributed by atoms with van der Waals surface area (Å²) in [5.74, 6) is -0.756. The summed E-state index contributed by atoms with van der Waals surface area (Å²) in [4.78, 5) is 10.6. The molecule has 0 spiro atoms. The van der Waals surface area contributed by atoms with E-state index in [9.17, 15) is 4.79 Å². The van der Waals surface area contributed by atoms with Crippen LogP contribution in [0.3, 0.4) is 0 Å². The van der Waals surface area contributed by atoms with Gasteiger partial charge in [-0.15, -0.1) is 0 Å². The van der Waals surface area contributed by atoms with E-state index in [2.05, 4.69) is 18.2 Å². The Hall–Kier alpha value is -2.29. The van der Waals surface area contributed by atoms with Crippen LogP contribution in [0, 0.1) is 0 Å². The number of hydrogen-bond acceptors (Lipinski definition) is 2. The zero-order chi connectivity index (χ0) is 13.4. The van der Waals surface area contributed by atoms with Gasteiger partial charge in [0.25, 0.3) is 0 Å². The van der Waals surface area contributed by atoms with Gasteiger partial charge in [-0.25, -0.2) is 0 Å². The molecule has 0 aliphatic heterocycles. The van der Waals surface area contributed by atoms with Gasteiger partial charge < -0.3 is 10.8 Å². The second-order valence-electron chi connectivity index (χ2n) is 4.94. The zero-order valence-corrected chi connectivity index (χ0v) is 10.5. The van der Waals surface area contributed by atoms with Crippen LogP contribution >= 0.6 is 0 Å². The Morgan fingerprint density at radius 2 is 2.05 bits per heavy atom. The van der Waals surface area contributed by atoms with Gasteiger partial charge in [0.1, 0.15) is 0 Å². The monoisotopic (exact) mass is 253 g/mol. The molecule has 3 heteroatoms. The summed E-state index contributed by atoms with van der Waals surface area (Å²) in [6, 6.07) is 12.2. The summed E-state index contributed by atoms with van der Waals surface area (Å²) in [7, 11) is 0. The summed E-state index contributed by atoms with van der Waals surface area (Å²) >= 11 is 0. The molecule has 0 radical (unpaired) electrons. The van der Waals surface area contributed by atoms with Crippen molar-refractivity contribution in [2.24, 2.45) is 0 Å². The predicted octanol–water partition coefficient (Wildman–Crippen LogP) is 2.86. The molecule has 1 aliphatic rings. The highest BCUT2D eigenvalue weighted by Crippen LogP contribution is 2.39. The van der Waals surface area contributed by atoms with Gasteiger partial charge in [-0.2, -0.15) is 0 Å². The highest BCUT2D eigenvalue weighted by Gasteiger charge is 2.20. The fraction of sp³-hybridized carbons (Fsp3) is 0.188. The number of nitrogen functional groups attached to an aromatic ring is 1. The number of rotatable bonds is 3. The third-order valence-electron chi connectivity index (χ3n) is 3.67. The average molecular weight is 253 g/mol. The Labute approximate surface area is 111 Å². The van der Waals surface area contributed by atoms with E-state index in [1.807, 2.05) is 18.2 Å². The number of fused-ring (bicyclic) bond motifs is 3. The molecule has 0 saturated heterocycles. The second kappa shape index (κ2) is 4.43. The summed E-state index contributed by atoms with van der Waals surface area (Å²) in [6.45, 7) is 0. The van der Waals surface area contributed by atoms with E-state index in [0.717, 1.165) is 17.7 Å². The predicted molar refractivity (Wildman–Crippen MR) is 75.1 cm³/mol. The first kappa shape index (κ1) is 11.8. The molecular formula is C16H15NO2. The molecule has 3 rings (SSSR count). The number of aryl methyl sites for hydroxylation is 1. The highest BCUT2D eigenvalue weighted by atomic mass is 16.4. The van der Waals surface area contributed by atoms with Gasteiger partial charge in [0, 0.05) is 18.5 Å². The molecule has 0 fully saturated rings. The molecule has 96 valence electrons. The lowest BCUT2D eigenvalue weighted by molar-refractivity contribution is -0.136. The summed E-state index contributed by atoms with van der Waals surface area (Å²) in [6.07, 6.45) is 1.60. The lowest BCUT2D eigenvalue weighted by atomic mass is 10.0. The van der Waals surface area contributed by atoms with Crippen LogP contribution in [0.4, 0.5) is 5.69 Å². The summed E-state index contributed by atoms with van der Waals surface area (Å²) in [5.41, 5.74) is 12.8. The maximum atomic E-state index is 10.6. The van der Waals surface area contributed by atoms with Crippen molar-refractivity contribution >= 4 is 11.7 Å². The Morgan fingerprint density at radius 3 is 2.84 bits per heavy atom. The van der Waals surface area contributed by atoms with Crippen molar-refractivity contribution in [1.82, 2.24) is 0 Å². The lowest BCUT2D eigenvalue weighted by Crippen LogP contribution is -1.97. The zero-order valence-electron chi connectivity index (χ0n) is 10.5. The first-order chi connectivity index (χ1) is 9.15. The minimum atomic E-state index is -0.756. The quantitative estimate of drug-likeness (QED) is 0.705. The summed E-state index contributed by atoms with van der Waals surface area (Å²) in [5, 5.41) is 8.73. The number of anilines is 1. The molecule has 0 heterocycles. The molecule has 0 saturated carbocycles. The molecule has 0 aromatic heterocycles. The van der Waals surface area contributed by atoms with E-state index >= 15 is 0 Å². The minimum absolute atomic E-state index is 0.174. The molecule has 0 atom stereocenters. The van der Waals surface area contributed by atoms with Crippen molar-refractivity contribution in [1.29, 1.82) is 0 Å². The van der Waals surface area contributed by atoms with Crippen molar-refractivity contribution in [2.75, 3.05) is 5.73 Å². The van der Waals surface area contributed by atoms with Crippen LogP contribution in [-0.4, -0.2) is 11.1 Å². The van der Waals surface area contributed by atoms with E-state index in [1.165, 1.54) is 22.3 Å². The van der Waals surface area contributed by atoms with Crippen molar-refractivity contribution in [3.8, 4) is 11.1 Å². The van der Waals surface area contributed by atoms with Crippen LogP contribution in [0.15, 0.2) is 36.4 Å². The maximum Gasteiger partial charge on any atom is 0.303 e. The topological polar surface area (TPSA) is 63.3 Å². The van der Waals surface area contributed by atoms with E-state index in [1.54, 1.807) is 0 Å². The Bertz CT molecular complexity index is 662. The summed E-state index contributed by atoms with van der Waals surface area (Å²) < 4.78 is 0. The van der Waals surface area contributed by atoms with Crippen LogP contribution in [0.2, 0.25) is 0 Å². The molecule has 19 heavy (non-hydrogen) atoms. The first-order valence-electron chi connectivity index (χ1n) is 6.36. The van der Waals surface area contributed by atoms with E-state index in [4.69, 9.17) is 10.8 Å². The van der Waals surface area contributed by atoms with Crippen LogP contribution in [0.5, 0.6) is 0 Å². The van der Waals surface area contributed by atoms with Crippen molar-refractivity contribution in [2.45, 2.75) is 19.3 Å². The Kier molecular flexibility index (Phi) is 2.75. The molecule has 3 N–H and O–H groups in total. The second-order valence-corrected chi connectivity index (χ2v) is 4.94. The van der Waals surface area contributed by atoms with Gasteiger partial charge >= 0.3 is 5.97 Å². The number of benzene rings is 2. The maximum absolute atomic E-state index is 10.6. The van der Waals surface area contributed by atoms with Crippen LogP contribution in [0.1, 0.15) is 23.1 Å². The van der Waals surface area contributed by atoms with Gasteiger partial charge in [0.2, 0.25) is 0 Å². The van der Waals surface area contributed by atoms with Gasteiger partial charge in [0.15, 0.2) is 0 Å². The van der Waals surface area contributed by atoms with Crippen LogP contribution < -0.4 is 5.73 Å². The Morgan fingerprint density at radius 1 is 1.21 bits per heavy atom. The first-order valence-corrected chi connectivity index (χ1v) is 6.36. The molecule has 2 aromatic rings. The SMILES string of the molecule is Nc1cccc2c1Cc1cc(CCC(=O)O)ccc1-2. The van der Waals surface area contributed by atoms with Crippen molar-refractivity contribution in [3.63, 3.8) is 0 Å². The van der Waals surface area contributed by atoms with Crippen LogP contribution in [-0.2, 0) is 17.6 Å². The fourth-order valence-electron chi connectivity index (χ4n) is 2.71.